The SMILES string of the molecule is C[C@@H]1C[C@H]1NCC1CN(CCCc2ccc(C(=O)O)cc2)CCO1. The monoisotopic (exact) mass is 332 g/mol. The quantitative estimate of drug-likeness (QED) is 0.763. The van der Waals surface area contributed by atoms with E-state index in [1.54, 1.807) is 12.1 Å². The summed E-state index contributed by atoms with van der Waals surface area (Å²) < 4.78 is 5.86. The van der Waals surface area contributed by atoms with E-state index >= 15 is 0 Å². The summed E-state index contributed by atoms with van der Waals surface area (Å²) in [6.07, 6.45) is 3.68. The summed E-state index contributed by atoms with van der Waals surface area (Å²) >= 11 is 0. The molecule has 1 aliphatic heterocycles. The van der Waals surface area contributed by atoms with Gasteiger partial charge in [-0.2, -0.15) is 0 Å². The lowest BCUT2D eigenvalue weighted by Gasteiger charge is -2.33. The fraction of sp³-hybridized carbons (Fsp3) is 0.632. The summed E-state index contributed by atoms with van der Waals surface area (Å²) in [7, 11) is 0. The molecule has 24 heavy (non-hydrogen) atoms. The lowest BCUT2D eigenvalue weighted by molar-refractivity contribution is -0.0274. The van der Waals surface area contributed by atoms with Gasteiger partial charge >= 0.3 is 5.97 Å². The number of carboxylic acids is 1. The van der Waals surface area contributed by atoms with Crippen LogP contribution < -0.4 is 5.32 Å². The van der Waals surface area contributed by atoms with Crippen LogP contribution in [0, 0.1) is 5.92 Å². The molecule has 3 rings (SSSR count). The highest BCUT2D eigenvalue weighted by Crippen LogP contribution is 2.28. The first kappa shape index (κ1) is 17.4. The summed E-state index contributed by atoms with van der Waals surface area (Å²) in [5.74, 6) is -0.0349. The molecule has 132 valence electrons. The minimum atomic E-state index is -0.866. The van der Waals surface area contributed by atoms with Crippen molar-refractivity contribution in [1.82, 2.24) is 10.2 Å². The smallest absolute Gasteiger partial charge is 0.335 e. The van der Waals surface area contributed by atoms with Gasteiger partial charge in [-0.15, -0.1) is 0 Å². The minimum absolute atomic E-state index is 0.307. The summed E-state index contributed by atoms with van der Waals surface area (Å²) in [6, 6.07) is 7.93. The highest BCUT2D eigenvalue weighted by Gasteiger charge is 2.33. The number of rotatable bonds is 8. The first-order chi connectivity index (χ1) is 11.6. The molecule has 2 aliphatic rings. The lowest BCUT2D eigenvalue weighted by Crippen LogP contribution is -2.47. The number of nitrogens with zero attached hydrogens (tertiary/aromatic N) is 1. The summed E-state index contributed by atoms with van der Waals surface area (Å²) in [6.45, 7) is 7.15. The number of hydrogen-bond acceptors (Lipinski definition) is 4. The fourth-order valence-corrected chi connectivity index (χ4v) is 3.32. The second-order valence-electron chi connectivity index (χ2n) is 7.13. The third kappa shape index (κ3) is 5.03. The molecule has 5 nitrogen and oxygen atoms in total. The van der Waals surface area contributed by atoms with Gasteiger partial charge in [0, 0.05) is 25.7 Å². The third-order valence-electron chi connectivity index (χ3n) is 5.08. The van der Waals surface area contributed by atoms with Crippen LogP contribution in [0.1, 0.15) is 35.7 Å². The summed E-state index contributed by atoms with van der Waals surface area (Å²) in [5, 5.41) is 12.5. The molecule has 3 atom stereocenters. The Labute approximate surface area is 144 Å². The Morgan fingerprint density at radius 1 is 1.38 bits per heavy atom. The number of hydrogen-bond donors (Lipinski definition) is 2. The van der Waals surface area contributed by atoms with Crippen molar-refractivity contribution >= 4 is 5.97 Å². The molecule has 1 aromatic rings. The standard InChI is InChI=1S/C19H28N2O3/c1-14-11-18(14)20-12-17-13-21(9-10-24-17)8-2-3-15-4-6-16(7-5-15)19(22)23/h4-7,14,17-18,20H,2-3,8-13H2,1H3,(H,22,23)/t14-,17?,18-/m1/s1. The molecule has 1 aliphatic carbocycles. The maximum atomic E-state index is 10.9. The number of aryl methyl sites for hydroxylation is 1. The minimum Gasteiger partial charge on any atom is -0.478 e. The molecule has 1 heterocycles. The number of aromatic carboxylic acids is 1. The van der Waals surface area contributed by atoms with Crippen LogP contribution in [0.15, 0.2) is 24.3 Å². The molecule has 0 radical (unpaired) electrons. The molecule has 0 amide bonds. The van der Waals surface area contributed by atoms with Crippen LogP contribution in [-0.4, -0.2) is 60.9 Å². The van der Waals surface area contributed by atoms with Gasteiger partial charge in [0.2, 0.25) is 0 Å². The number of carboxylic acid groups (broad SMARTS) is 1. The predicted octanol–water partition coefficient (Wildman–Crippen LogP) is 2.02. The van der Waals surface area contributed by atoms with Crippen molar-refractivity contribution in [2.24, 2.45) is 5.92 Å². The van der Waals surface area contributed by atoms with E-state index in [9.17, 15) is 4.79 Å². The first-order valence-electron chi connectivity index (χ1n) is 9.01. The van der Waals surface area contributed by atoms with Gasteiger partial charge in [0.25, 0.3) is 0 Å². The van der Waals surface area contributed by atoms with E-state index in [0.717, 1.165) is 51.5 Å². The van der Waals surface area contributed by atoms with Crippen LogP contribution in [-0.2, 0) is 11.2 Å². The van der Waals surface area contributed by atoms with Crippen molar-refractivity contribution in [2.45, 2.75) is 38.3 Å². The molecule has 1 aromatic carbocycles. The van der Waals surface area contributed by atoms with E-state index < -0.39 is 5.97 Å². The zero-order valence-corrected chi connectivity index (χ0v) is 14.4. The average molecular weight is 332 g/mol. The number of benzene rings is 1. The van der Waals surface area contributed by atoms with Crippen LogP contribution >= 0.6 is 0 Å². The molecule has 5 heteroatoms. The Morgan fingerprint density at radius 3 is 2.79 bits per heavy atom. The van der Waals surface area contributed by atoms with Crippen LogP contribution in [0.3, 0.4) is 0 Å². The van der Waals surface area contributed by atoms with E-state index in [4.69, 9.17) is 9.84 Å². The Bertz CT molecular complexity index is 546. The van der Waals surface area contributed by atoms with Crippen LogP contribution in [0.4, 0.5) is 0 Å². The average Bonchev–Trinajstić information content (AvgIpc) is 3.29. The molecular formula is C19H28N2O3. The van der Waals surface area contributed by atoms with Gasteiger partial charge in [-0.3, -0.25) is 4.90 Å². The van der Waals surface area contributed by atoms with E-state index in [1.165, 1.54) is 12.0 Å². The fourth-order valence-electron chi connectivity index (χ4n) is 3.32. The first-order valence-corrected chi connectivity index (χ1v) is 9.01. The Kier molecular flexibility index (Phi) is 5.87. The second kappa shape index (κ2) is 8.10. The molecular weight excluding hydrogens is 304 g/mol. The highest BCUT2D eigenvalue weighted by molar-refractivity contribution is 5.87. The van der Waals surface area contributed by atoms with Crippen molar-refractivity contribution in [2.75, 3.05) is 32.8 Å². The molecule has 1 unspecified atom stereocenters. The molecule has 2 N–H and O–H groups in total. The summed E-state index contributed by atoms with van der Waals surface area (Å²) in [5.41, 5.74) is 1.56. The predicted molar refractivity (Wildman–Crippen MR) is 93.5 cm³/mol. The molecule has 1 saturated carbocycles. The number of carbonyl (C=O) groups is 1. The van der Waals surface area contributed by atoms with Crippen LogP contribution in [0.25, 0.3) is 0 Å². The van der Waals surface area contributed by atoms with Crippen molar-refractivity contribution in [3.63, 3.8) is 0 Å². The Morgan fingerprint density at radius 2 is 2.12 bits per heavy atom. The van der Waals surface area contributed by atoms with Gasteiger partial charge in [-0.05, 0) is 49.4 Å². The van der Waals surface area contributed by atoms with Crippen LogP contribution in [0.5, 0.6) is 0 Å². The molecule has 1 saturated heterocycles. The maximum Gasteiger partial charge on any atom is 0.335 e. The van der Waals surface area contributed by atoms with Crippen molar-refractivity contribution in [1.29, 1.82) is 0 Å². The van der Waals surface area contributed by atoms with Gasteiger partial charge in [0.1, 0.15) is 0 Å². The van der Waals surface area contributed by atoms with Gasteiger partial charge in [-0.25, -0.2) is 4.79 Å². The maximum absolute atomic E-state index is 10.9. The van der Waals surface area contributed by atoms with E-state index in [0.29, 0.717) is 17.7 Å². The number of morpholine rings is 1. The van der Waals surface area contributed by atoms with Gasteiger partial charge in [0.15, 0.2) is 0 Å². The van der Waals surface area contributed by atoms with Crippen molar-refractivity contribution in [3.05, 3.63) is 35.4 Å². The zero-order chi connectivity index (χ0) is 16.9. The van der Waals surface area contributed by atoms with Gasteiger partial charge in [0.05, 0.1) is 18.3 Å². The zero-order valence-electron chi connectivity index (χ0n) is 14.4. The van der Waals surface area contributed by atoms with E-state index in [1.807, 2.05) is 12.1 Å². The third-order valence-corrected chi connectivity index (χ3v) is 5.08. The highest BCUT2D eigenvalue weighted by atomic mass is 16.5. The summed E-state index contributed by atoms with van der Waals surface area (Å²) in [4.78, 5) is 13.3. The molecule has 2 fully saturated rings. The van der Waals surface area contributed by atoms with Gasteiger partial charge in [-0.1, -0.05) is 19.1 Å². The van der Waals surface area contributed by atoms with Gasteiger partial charge < -0.3 is 15.2 Å². The molecule has 0 aromatic heterocycles. The number of nitrogens with one attached hydrogen (secondary N) is 1. The van der Waals surface area contributed by atoms with Crippen molar-refractivity contribution < 1.29 is 14.6 Å². The lowest BCUT2D eigenvalue weighted by atomic mass is 10.1. The molecule has 0 spiro atoms. The normalized spacial score (nSPS) is 27.1. The topological polar surface area (TPSA) is 61.8 Å². The van der Waals surface area contributed by atoms with E-state index in [-0.39, 0.29) is 0 Å². The van der Waals surface area contributed by atoms with E-state index in [2.05, 4.69) is 17.1 Å². The Hall–Kier alpha value is -1.43. The second-order valence-corrected chi connectivity index (χ2v) is 7.13. The van der Waals surface area contributed by atoms with Crippen LogP contribution in [0.2, 0.25) is 0 Å². The van der Waals surface area contributed by atoms with Crippen molar-refractivity contribution in [3.8, 4) is 0 Å². The largest absolute Gasteiger partial charge is 0.478 e. The number of ether oxygens (including phenoxy) is 1. The Balaban J connectivity index is 1.35. The molecule has 0 bridgehead atoms.